The van der Waals surface area contributed by atoms with Crippen LogP contribution < -0.4 is 20.1 Å². The van der Waals surface area contributed by atoms with Crippen LogP contribution in [0, 0.1) is 0 Å². The van der Waals surface area contributed by atoms with E-state index in [4.69, 9.17) is 9.47 Å². The van der Waals surface area contributed by atoms with Crippen molar-refractivity contribution in [3.05, 3.63) is 114 Å². The highest BCUT2D eigenvalue weighted by Crippen LogP contribution is 2.37. The van der Waals surface area contributed by atoms with E-state index in [0.717, 1.165) is 22.3 Å². The number of fused-ring (bicyclic) bond motifs is 1. The van der Waals surface area contributed by atoms with Gasteiger partial charge in [-0.05, 0) is 47.0 Å². The van der Waals surface area contributed by atoms with Gasteiger partial charge in [0.15, 0.2) is 11.5 Å². The molecule has 0 spiro atoms. The van der Waals surface area contributed by atoms with Gasteiger partial charge in [-0.25, -0.2) is 0 Å². The van der Waals surface area contributed by atoms with Crippen molar-refractivity contribution in [2.75, 3.05) is 12.1 Å². The molecule has 198 valence electrons. The Morgan fingerprint density at radius 3 is 2.23 bits per heavy atom. The highest BCUT2D eigenvalue weighted by Gasteiger charge is 2.24. The SMILES string of the molecule is O=C(N[C@H](Cc1ccccc1)C(=O)Nc1nnc(-c2ccc3c(c2)OCO3)s1)c1ccc(-c2ccccc2)cc1. The molecule has 2 amide bonds. The van der Waals surface area contributed by atoms with Crippen LogP contribution in [-0.2, 0) is 11.2 Å². The third-order valence-corrected chi connectivity index (χ3v) is 7.32. The van der Waals surface area contributed by atoms with E-state index >= 15 is 0 Å². The van der Waals surface area contributed by atoms with Crippen molar-refractivity contribution in [3.8, 4) is 33.2 Å². The molecule has 0 unspecified atom stereocenters. The second kappa shape index (κ2) is 11.4. The van der Waals surface area contributed by atoms with Gasteiger partial charge in [-0.15, -0.1) is 10.2 Å². The smallest absolute Gasteiger partial charge is 0.251 e. The lowest BCUT2D eigenvalue weighted by atomic mass is 10.0. The molecule has 6 rings (SSSR count). The Hall–Kier alpha value is -5.02. The predicted octanol–water partition coefficient (Wildman–Crippen LogP) is 5.58. The molecule has 0 fully saturated rings. The number of benzene rings is 4. The molecule has 1 aromatic heterocycles. The average molecular weight is 549 g/mol. The van der Waals surface area contributed by atoms with Gasteiger partial charge >= 0.3 is 0 Å². The van der Waals surface area contributed by atoms with Gasteiger partial charge in [0.25, 0.3) is 5.91 Å². The summed E-state index contributed by atoms with van der Waals surface area (Å²) in [6.45, 7) is 0.182. The topological polar surface area (TPSA) is 102 Å². The summed E-state index contributed by atoms with van der Waals surface area (Å²) in [6.07, 6.45) is 0.314. The monoisotopic (exact) mass is 548 g/mol. The summed E-state index contributed by atoms with van der Waals surface area (Å²) < 4.78 is 10.8. The Morgan fingerprint density at radius 1 is 0.775 bits per heavy atom. The molecule has 2 N–H and O–H groups in total. The first kappa shape index (κ1) is 25.3. The van der Waals surface area contributed by atoms with E-state index in [2.05, 4.69) is 20.8 Å². The molecule has 0 bridgehead atoms. The molecule has 9 heteroatoms. The highest BCUT2D eigenvalue weighted by atomic mass is 32.1. The summed E-state index contributed by atoms with van der Waals surface area (Å²) in [7, 11) is 0. The lowest BCUT2D eigenvalue weighted by Crippen LogP contribution is -2.45. The molecule has 1 aliphatic rings. The summed E-state index contributed by atoms with van der Waals surface area (Å²) in [4.78, 5) is 26.6. The molecule has 0 radical (unpaired) electrons. The van der Waals surface area contributed by atoms with Gasteiger partial charge < -0.3 is 14.8 Å². The fraction of sp³-hybridized carbons (Fsp3) is 0.0968. The van der Waals surface area contributed by atoms with Crippen molar-refractivity contribution in [2.45, 2.75) is 12.5 Å². The molecule has 1 atom stereocenters. The number of ether oxygens (including phenoxy) is 2. The number of amides is 2. The van der Waals surface area contributed by atoms with Crippen molar-refractivity contribution in [1.82, 2.24) is 15.5 Å². The van der Waals surface area contributed by atoms with E-state index in [0.29, 0.717) is 33.6 Å². The highest BCUT2D eigenvalue weighted by molar-refractivity contribution is 7.18. The van der Waals surface area contributed by atoms with E-state index in [1.54, 1.807) is 12.1 Å². The van der Waals surface area contributed by atoms with Gasteiger partial charge in [-0.1, -0.05) is 84.1 Å². The maximum atomic E-state index is 13.4. The quantitative estimate of drug-likeness (QED) is 0.262. The van der Waals surface area contributed by atoms with E-state index in [9.17, 15) is 9.59 Å². The van der Waals surface area contributed by atoms with Crippen LogP contribution in [0.4, 0.5) is 5.13 Å². The third kappa shape index (κ3) is 5.69. The minimum Gasteiger partial charge on any atom is -0.454 e. The number of carbonyl (C=O) groups excluding carboxylic acids is 2. The molecule has 8 nitrogen and oxygen atoms in total. The van der Waals surface area contributed by atoms with Crippen molar-refractivity contribution in [2.24, 2.45) is 0 Å². The molecule has 4 aromatic carbocycles. The minimum atomic E-state index is -0.832. The number of hydrogen-bond acceptors (Lipinski definition) is 7. The first-order chi connectivity index (χ1) is 19.6. The first-order valence-corrected chi connectivity index (χ1v) is 13.5. The van der Waals surface area contributed by atoms with Crippen LogP contribution in [0.3, 0.4) is 0 Å². The zero-order valence-electron chi connectivity index (χ0n) is 21.2. The lowest BCUT2D eigenvalue weighted by molar-refractivity contribution is -0.118. The molecule has 0 aliphatic carbocycles. The molecule has 0 saturated heterocycles. The lowest BCUT2D eigenvalue weighted by Gasteiger charge is -2.18. The Labute approximate surface area is 234 Å². The van der Waals surface area contributed by atoms with Crippen molar-refractivity contribution in [3.63, 3.8) is 0 Å². The number of nitrogens with one attached hydrogen (secondary N) is 2. The van der Waals surface area contributed by atoms with Gasteiger partial charge in [-0.2, -0.15) is 0 Å². The van der Waals surface area contributed by atoms with Gasteiger partial charge in [0.1, 0.15) is 11.0 Å². The molecule has 2 heterocycles. The van der Waals surface area contributed by atoms with E-state index in [-0.39, 0.29) is 18.6 Å². The van der Waals surface area contributed by atoms with Crippen LogP contribution in [0.15, 0.2) is 103 Å². The van der Waals surface area contributed by atoms with E-state index < -0.39 is 6.04 Å². The molecule has 5 aromatic rings. The molecular formula is C31H24N4O4S. The molecule has 40 heavy (non-hydrogen) atoms. The average Bonchev–Trinajstić information content (AvgIpc) is 3.67. The van der Waals surface area contributed by atoms with Gasteiger partial charge in [0.05, 0.1) is 0 Å². The Morgan fingerprint density at radius 2 is 1.45 bits per heavy atom. The second-order valence-electron chi connectivity index (χ2n) is 9.13. The number of carbonyl (C=O) groups is 2. The van der Waals surface area contributed by atoms with Crippen molar-refractivity contribution < 1.29 is 19.1 Å². The fourth-order valence-corrected chi connectivity index (χ4v) is 5.10. The fourth-order valence-electron chi connectivity index (χ4n) is 4.36. The molecule has 1 aliphatic heterocycles. The zero-order valence-corrected chi connectivity index (χ0v) is 22.1. The van der Waals surface area contributed by atoms with Crippen LogP contribution in [0.5, 0.6) is 11.5 Å². The minimum absolute atomic E-state index is 0.182. The van der Waals surface area contributed by atoms with Crippen LogP contribution in [-0.4, -0.2) is 34.8 Å². The van der Waals surface area contributed by atoms with E-state index in [1.165, 1.54) is 11.3 Å². The molecule has 0 saturated carbocycles. The van der Waals surface area contributed by atoms with Crippen LogP contribution in [0.25, 0.3) is 21.7 Å². The maximum Gasteiger partial charge on any atom is 0.251 e. The van der Waals surface area contributed by atoms with Gasteiger partial charge in [0.2, 0.25) is 17.8 Å². The number of aromatic nitrogens is 2. The van der Waals surface area contributed by atoms with Crippen LogP contribution in [0.1, 0.15) is 15.9 Å². The number of rotatable bonds is 8. The summed E-state index contributed by atoms with van der Waals surface area (Å²) >= 11 is 1.23. The third-order valence-electron chi connectivity index (χ3n) is 6.43. The number of hydrogen-bond donors (Lipinski definition) is 2. The standard InChI is InChI=1S/C31H24N4O4S/c36-28(23-13-11-22(12-14-23)21-9-5-2-6-10-21)32-25(17-20-7-3-1-4-8-20)29(37)33-31-35-34-30(40-31)24-15-16-26-27(18-24)39-19-38-26/h1-16,18,25H,17,19H2,(H,32,36)(H,33,35,37)/t25-/m1/s1. The Kier molecular flexibility index (Phi) is 7.19. The van der Waals surface area contributed by atoms with Gasteiger partial charge in [0, 0.05) is 17.5 Å². The first-order valence-electron chi connectivity index (χ1n) is 12.7. The second-order valence-corrected chi connectivity index (χ2v) is 10.1. The summed E-state index contributed by atoms with van der Waals surface area (Å²) in [5.41, 5.74) is 4.25. The van der Waals surface area contributed by atoms with Gasteiger partial charge in [-0.3, -0.25) is 14.9 Å². The van der Waals surface area contributed by atoms with Crippen LogP contribution in [0.2, 0.25) is 0 Å². The Bertz CT molecular complexity index is 1640. The predicted molar refractivity (Wildman–Crippen MR) is 153 cm³/mol. The van der Waals surface area contributed by atoms with Crippen molar-refractivity contribution >= 4 is 28.3 Å². The van der Waals surface area contributed by atoms with E-state index in [1.807, 2.05) is 91.0 Å². The van der Waals surface area contributed by atoms with Crippen molar-refractivity contribution in [1.29, 1.82) is 0 Å². The molecular weight excluding hydrogens is 524 g/mol. The van der Waals surface area contributed by atoms with Crippen LogP contribution >= 0.6 is 11.3 Å². The number of nitrogens with zero attached hydrogens (tertiary/aromatic N) is 2. The largest absolute Gasteiger partial charge is 0.454 e. The summed E-state index contributed by atoms with van der Waals surface area (Å²) in [5.74, 6) is 0.595. The number of anilines is 1. The normalized spacial score (nSPS) is 12.5. The Balaban J connectivity index is 1.18. The summed E-state index contributed by atoms with van der Waals surface area (Å²) in [5, 5.41) is 15.0. The zero-order chi connectivity index (χ0) is 27.3. The maximum absolute atomic E-state index is 13.4. The summed E-state index contributed by atoms with van der Waals surface area (Å²) in [6, 6.07) is 31.5.